The molecule has 2 rings (SSSR count). The van der Waals surface area contributed by atoms with Gasteiger partial charge in [-0.15, -0.1) is 0 Å². The van der Waals surface area contributed by atoms with Crippen molar-refractivity contribution in [2.45, 2.75) is 29.5 Å². The van der Waals surface area contributed by atoms with E-state index >= 15 is 0 Å². The van der Waals surface area contributed by atoms with Crippen LogP contribution in [0.2, 0.25) is 0 Å². The number of piperidine rings is 1. The van der Waals surface area contributed by atoms with Crippen molar-refractivity contribution in [2.24, 2.45) is 5.73 Å². The Morgan fingerprint density at radius 3 is 2.71 bits per heavy atom. The first-order valence-corrected chi connectivity index (χ1v) is 7.34. The molecular formula is C12H18N2O2S. The zero-order valence-corrected chi connectivity index (χ0v) is 10.7. The van der Waals surface area contributed by atoms with Crippen LogP contribution in [0.5, 0.6) is 0 Å². The molecule has 0 spiro atoms. The van der Waals surface area contributed by atoms with Crippen LogP contribution in [0.3, 0.4) is 0 Å². The van der Waals surface area contributed by atoms with Crippen LogP contribution in [-0.4, -0.2) is 32.8 Å². The van der Waals surface area contributed by atoms with Gasteiger partial charge in [-0.25, -0.2) is 8.42 Å². The largest absolute Gasteiger partial charge is 0.325 e. The van der Waals surface area contributed by atoms with E-state index in [1.165, 1.54) is 0 Å². The van der Waals surface area contributed by atoms with E-state index in [0.29, 0.717) is 24.4 Å². The fourth-order valence-corrected chi connectivity index (χ4v) is 4.38. The van der Waals surface area contributed by atoms with Crippen molar-refractivity contribution in [3.05, 3.63) is 29.8 Å². The second kappa shape index (κ2) is 4.76. The van der Waals surface area contributed by atoms with Crippen molar-refractivity contribution in [3.8, 4) is 0 Å². The molecule has 1 heterocycles. The SMILES string of the molecule is Cc1ccccc1S(=O)(=O)C1CCNCC1N. The molecule has 1 fully saturated rings. The summed E-state index contributed by atoms with van der Waals surface area (Å²) in [5.41, 5.74) is 6.70. The van der Waals surface area contributed by atoms with Crippen molar-refractivity contribution in [1.29, 1.82) is 0 Å². The fourth-order valence-electron chi connectivity index (χ4n) is 2.28. The number of rotatable bonds is 2. The lowest BCUT2D eigenvalue weighted by Crippen LogP contribution is -2.52. The Kier molecular flexibility index (Phi) is 3.51. The molecule has 0 aliphatic carbocycles. The summed E-state index contributed by atoms with van der Waals surface area (Å²) in [7, 11) is -3.31. The molecule has 1 saturated heterocycles. The van der Waals surface area contributed by atoms with Gasteiger partial charge in [0.25, 0.3) is 0 Å². The number of benzene rings is 1. The first-order chi connectivity index (χ1) is 8.03. The monoisotopic (exact) mass is 254 g/mol. The van der Waals surface area contributed by atoms with E-state index in [-0.39, 0.29) is 6.04 Å². The van der Waals surface area contributed by atoms with Crippen molar-refractivity contribution in [2.75, 3.05) is 13.1 Å². The Hall–Kier alpha value is -0.910. The minimum atomic E-state index is -3.31. The molecule has 94 valence electrons. The number of nitrogens with two attached hydrogens (primary N) is 1. The molecule has 0 amide bonds. The summed E-state index contributed by atoms with van der Waals surface area (Å²) in [4.78, 5) is 0.419. The third-order valence-electron chi connectivity index (χ3n) is 3.26. The third kappa shape index (κ3) is 2.36. The Balaban J connectivity index is 2.39. The first kappa shape index (κ1) is 12.5. The molecule has 1 aromatic carbocycles. The van der Waals surface area contributed by atoms with Crippen molar-refractivity contribution in [1.82, 2.24) is 5.32 Å². The molecule has 4 nitrogen and oxygen atoms in total. The second-order valence-corrected chi connectivity index (χ2v) is 6.64. The first-order valence-electron chi connectivity index (χ1n) is 5.79. The standard InChI is InChI=1S/C12H18N2O2S/c1-9-4-2-3-5-11(9)17(15,16)12-6-7-14-8-10(12)13/h2-5,10,12,14H,6-8,13H2,1H3. The zero-order chi connectivity index (χ0) is 12.5. The van der Waals surface area contributed by atoms with E-state index in [4.69, 9.17) is 5.73 Å². The predicted octanol–water partition coefficient (Wildman–Crippen LogP) is 0.458. The lowest BCUT2D eigenvalue weighted by atomic mass is 10.1. The summed E-state index contributed by atoms with van der Waals surface area (Å²) in [6, 6.07) is 6.76. The smallest absolute Gasteiger partial charge is 0.183 e. The quantitative estimate of drug-likeness (QED) is 0.804. The minimum absolute atomic E-state index is 0.326. The Labute approximate surface area is 102 Å². The molecule has 1 aliphatic heterocycles. The summed E-state index contributed by atoms with van der Waals surface area (Å²) in [5, 5.41) is 2.65. The topological polar surface area (TPSA) is 72.2 Å². The molecule has 2 atom stereocenters. The number of aryl methyl sites for hydroxylation is 1. The van der Waals surface area contributed by atoms with Gasteiger partial charge in [-0.1, -0.05) is 18.2 Å². The normalized spacial score (nSPS) is 25.8. The number of hydrogen-bond donors (Lipinski definition) is 2. The van der Waals surface area contributed by atoms with Gasteiger partial charge in [0.1, 0.15) is 0 Å². The molecule has 1 aromatic rings. The summed E-state index contributed by atoms with van der Waals surface area (Å²) in [6.45, 7) is 3.10. The maximum atomic E-state index is 12.5. The van der Waals surface area contributed by atoms with Crippen molar-refractivity contribution < 1.29 is 8.42 Å². The van der Waals surface area contributed by atoms with E-state index in [1.807, 2.05) is 19.1 Å². The molecule has 0 radical (unpaired) electrons. The second-order valence-electron chi connectivity index (χ2n) is 4.51. The van der Waals surface area contributed by atoms with Crippen LogP contribution in [0.25, 0.3) is 0 Å². The van der Waals surface area contributed by atoms with Crippen LogP contribution in [0.15, 0.2) is 29.2 Å². The van der Waals surface area contributed by atoms with Gasteiger partial charge in [0.2, 0.25) is 0 Å². The maximum absolute atomic E-state index is 12.5. The molecule has 0 saturated carbocycles. The van der Waals surface area contributed by atoms with Crippen LogP contribution < -0.4 is 11.1 Å². The molecule has 1 aliphatic rings. The van der Waals surface area contributed by atoms with E-state index in [2.05, 4.69) is 5.32 Å². The molecule has 5 heteroatoms. The van der Waals surface area contributed by atoms with Crippen LogP contribution >= 0.6 is 0 Å². The highest BCUT2D eigenvalue weighted by atomic mass is 32.2. The highest BCUT2D eigenvalue weighted by molar-refractivity contribution is 7.92. The molecule has 0 aromatic heterocycles. The van der Waals surface area contributed by atoms with Crippen LogP contribution in [0.1, 0.15) is 12.0 Å². The van der Waals surface area contributed by atoms with Crippen LogP contribution in [0, 0.1) is 6.92 Å². The van der Waals surface area contributed by atoms with Crippen molar-refractivity contribution >= 4 is 9.84 Å². The fraction of sp³-hybridized carbons (Fsp3) is 0.500. The average Bonchev–Trinajstić information content (AvgIpc) is 2.29. The Morgan fingerprint density at radius 1 is 1.35 bits per heavy atom. The van der Waals surface area contributed by atoms with Gasteiger partial charge in [0.15, 0.2) is 9.84 Å². The van der Waals surface area contributed by atoms with E-state index in [1.54, 1.807) is 12.1 Å². The van der Waals surface area contributed by atoms with E-state index in [0.717, 1.165) is 5.56 Å². The van der Waals surface area contributed by atoms with Gasteiger partial charge in [-0.05, 0) is 31.5 Å². The molecule has 3 N–H and O–H groups in total. The highest BCUT2D eigenvalue weighted by Gasteiger charge is 2.35. The number of nitrogens with one attached hydrogen (secondary N) is 1. The molecule has 17 heavy (non-hydrogen) atoms. The highest BCUT2D eigenvalue weighted by Crippen LogP contribution is 2.24. The molecule has 2 unspecified atom stereocenters. The van der Waals surface area contributed by atoms with Crippen LogP contribution in [-0.2, 0) is 9.84 Å². The summed E-state index contributed by atoms with van der Waals surface area (Å²) < 4.78 is 25.0. The van der Waals surface area contributed by atoms with Gasteiger partial charge in [-0.3, -0.25) is 0 Å². The van der Waals surface area contributed by atoms with Gasteiger partial charge in [0.05, 0.1) is 10.1 Å². The number of sulfone groups is 1. The predicted molar refractivity (Wildman–Crippen MR) is 67.6 cm³/mol. The maximum Gasteiger partial charge on any atom is 0.183 e. The van der Waals surface area contributed by atoms with Crippen LogP contribution in [0.4, 0.5) is 0 Å². The van der Waals surface area contributed by atoms with Gasteiger partial charge < -0.3 is 11.1 Å². The Bertz CT molecular complexity index is 499. The third-order valence-corrected chi connectivity index (χ3v) is 5.72. The lowest BCUT2D eigenvalue weighted by molar-refractivity contribution is 0.447. The van der Waals surface area contributed by atoms with E-state index in [9.17, 15) is 8.42 Å². The zero-order valence-electron chi connectivity index (χ0n) is 9.89. The van der Waals surface area contributed by atoms with Gasteiger partial charge >= 0.3 is 0 Å². The average molecular weight is 254 g/mol. The lowest BCUT2D eigenvalue weighted by Gasteiger charge is -2.29. The summed E-state index contributed by atoms with van der Waals surface area (Å²) >= 11 is 0. The molecule has 0 bridgehead atoms. The summed E-state index contributed by atoms with van der Waals surface area (Å²) in [5.74, 6) is 0. The number of hydrogen-bond acceptors (Lipinski definition) is 4. The summed E-state index contributed by atoms with van der Waals surface area (Å²) in [6.07, 6.45) is 0.581. The van der Waals surface area contributed by atoms with Gasteiger partial charge in [0, 0.05) is 12.6 Å². The molecular weight excluding hydrogens is 236 g/mol. The van der Waals surface area contributed by atoms with Gasteiger partial charge in [-0.2, -0.15) is 0 Å². The Morgan fingerprint density at radius 2 is 2.06 bits per heavy atom. The van der Waals surface area contributed by atoms with E-state index < -0.39 is 15.1 Å². The van der Waals surface area contributed by atoms with Crippen molar-refractivity contribution in [3.63, 3.8) is 0 Å². The minimum Gasteiger partial charge on any atom is -0.325 e.